The quantitative estimate of drug-likeness (QED) is 0.229. The van der Waals surface area contributed by atoms with Gasteiger partial charge in [-0.1, -0.05) is 83.9 Å². The van der Waals surface area contributed by atoms with Crippen LogP contribution in [-0.4, -0.2) is 5.78 Å². The van der Waals surface area contributed by atoms with Gasteiger partial charge >= 0.3 is 0 Å². The summed E-state index contributed by atoms with van der Waals surface area (Å²) in [6.45, 7) is 1.59. The van der Waals surface area contributed by atoms with Crippen LogP contribution in [0, 0.1) is 0 Å². The second-order valence-electron chi connectivity index (χ2n) is 7.01. The van der Waals surface area contributed by atoms with Crippen LogP contribution in [0.1, 0.15) is 17.3 Å². The molecule has 0 radical (unpaired) electrons. The first-order chi connectivity index (χ1) is 15.0. The smallest absolute Gasteiger partial charge is 0.161 e. The van der Waals surface area contributed by atoms with Crippen molar-refractivity contribution in [2.24, 2.45) is 0 Å². The van der Waals surface area contributed by atoms with E-state index in [0.717, 1.165) is 32.8 Å². The predicted octanol–water partition coefficient (Wildman–Crippen LogP) is 8.65. The van der Waals surface area contributed by atoms with E-state index in [1.165, 1.54) is 11.9 Å². The number of benzene rings is 4. The van der Waals surface area contributed by atoms with Gasteiger partial charge in [-0.25, -0.2) is 0 Å². The molecule has 0 amide bonds. The largest absolute Gasteiger partial charge is 0.324 e. The van der Waals surface area contributed by atoms with Crippen LogP contribution in [0.4, 0.5) is 5.69 Å². The molecule has 4 aromatic rings. The third-order valence-corrected chi connectivity index (χ3v) is 6.41. The van der Waals surface area contributed by atoms with E-state index in [9.17, 15) is 4.79 Å². The third-order valence-electron chi connectivity index (χ3n) is 4.87. The van der Waals surface area contributed by atoms with Crippen molar-refractivity contribution in [3.05, 3.63) is 107 Å². The Kier molecular flexibility index (Phi) is 6.67. The first-order valence-corrected chi connectivity index (χ1v) is 11.3. The Morgan fingerprint density at radius 2 is 1.42 bits per heavy atom. The Morgan fingerprint density at radius 3 is 2.03 bits per heavy atom. The number of halogens is 2. The summed E-state index contributed by atoms with van der Waals surface area (Å²) in [5.41, 5.74) is 5.40. The van der Waals surface area contributed by atoms with Crippen LogP contribution in [0.2, 0.25) is 10.0 Å². The molecule has 0 aliphatic rings. The monoisotopic (exact) mass is 463 g/mol. The van der Waals surface area contributed by atoms with E-state index in [4.69, 9.17) is 23.2 Å². The molecule has 154 valence electrons. The van der Waals surface area contributed by atoms with Gasteiger partial charge in [-0.2, -0.15) is 0 Å². The Morgan fingerprint density at radius 1 is 0.774 bits per heavy atom. The maximum absolute atomic E-state index is 12.7. The van der Waals surface area contributed by atoms with E-state index in [0.29, 0.717) is 15.6 Å². The van der Waals surface area contributed by atoms with E-state index in [1.807, 2.05) is 72.8 Å². The zero-order valence-corrected chi connectivity index (χ0v) is 19.1. The first kappa shape index (κ1) is 21.5. The number of carbonyl (C=O) groups is 1. The van der Waals surface area contributed by atoms with Gasteiger partial charge < -0.3 is 4.72 Å². The lowest BCUT2D eigenvalue weighted by molar-refractivity contribution is 0.101. The molecule has 0 atom stereocenters. The number of Topliss-reactive ketones (excluding diaryl/α,β-unsaturated/α-hetero) is 1. The van der Waals surface area contributed by atoms with Gasteiger partial charge in [0.05, 0.1) is 10.7 Å². The SMILES string of the molecule is CC(=O)c1cc(-c2ccccc2)cc(-c2ccccc2)c1NSc1ccc(Cl)cc1Cl. The molecule has 4 rings (SSSR count). The van der Waals surface area contributed by atoms with E-state index in [-0.39, 0.29) is 5.78 Å². The number of carbonyl (C=O) groups excluding carboxylic acids is 1. The Hall–Kier alpha value is -2.72. The standard InChI is InChI=1S/C26H19Cl2NOS/c1-17(30)22-14-20(18-8-4-2-5-9-18)15-23(19-10-6-3-7-11-19)26(22)29-31-25-13-12-21(27)16-24(25)28/h2-16,29H,1H3. The number of rotatable bonds is 6. The normalized spacial score (nSPS) is 10.7. The van der Waals surface area contributed by atoms with Crippen LogP contribution in [0.15, 0.2) is 95.9 Å². The molecule has 0 fully saturated rings. The van der Waals surface area contributed by atoms with Gasteiger partial charge in [0.1, 0.15) is 0 Å². The van der Waals surface area contributed by atoms with Crippen molar-refractivity contribution in [2.75, 3.05) is 4.72 Å². The molecule has 31 heavy (non-hydrogen) atoms. The molecule has 2 nitrogen and oxygen atoms in total. The number of hydrogen-bond donors (Lipinski definition) is 1. The van der Waals surface area contributed by atoms with Gasteiger partial charge in [0.25, 0.3) is 0 Å². The average molecular weight is 464 g/mol. The topological polar surface area (TPSA) is 29.1 Å². The number of nitrogens with one attached hydrogen (secondary N) is 1. The highest BCUT2D eigenvalue weighted by atomic mass is 35.5. The lowest BCUT2D eigenvalue weighted by Crippen LogP contribution is -2.02. The van der Waals surface area contributed by atoms with Gasteiger partial charge in [0, 0.05) is 21.0 Å². The Bertz CT molecular complexity index is 1230. The summed E-state index contributed by atoms with van der Waals surface area (Å²) in [7, 11) is 0. The molecule has 0 bridgehead atoms. The molecule has 0 aliphatic heterocycles. The van der Waals surface area contributed by atoms with Gasteiger partial charge in [-0.3, -0.25) is 4.79 Å². The summed E-state index contributed by atoms with van der Waals surface area (Å²) in [5.74, 6) is -0.0136. The highest BCUT2D eigenvalue weighted by molar-refractivity contribution is 8.00. The maximum atomic E-state index is 12.7. The Balaban J connectivity index is 1.84. The molecule has 0 unspecified atom stereocenters. The van der Waals surface area contributed by atoms with Crippen molar-refractivity contribution in [3.8, 4) is 22.3 Å². The summed E-state index contributed by atoms with van der Waals surface area (Å²) in [6.07, 6.45) is 0. The van der Waals surface area contributed by atoms with Crippen molar-refractivity contribution in [1.29, 1.82) is 0 Å². The van der Waals surface area contributed by atoms with Crippen LogP contribution in [0.25, 0.3) is 22.3 Å². The molecule has 0 saturated heterocycles. The van der Waals surface area contributed by atoms with Gasteiger partial charge in [-0.05, 0) is 65.9 Å². The summed E-state index contributed by atoms with van der Waals surface area (Å²) in [6, 6.07) is 29.5. The molecule has 0 saturated carbocycles. The van der Waals surface area contributed by atoms with Crippen molar-refractivity contribution in [2.45, 2.75) is 11.8 Å². The van der Waals surface area contributed by atoms with E-state index in [1.54, 1.807) is 19.1 Å². The van der Waals surface area contributed by atoms with Crippen LogP contribution >= 0.6 is 35.1 Å². The summed E-state index contributed by atoms with van der Waals surface area (Å²) in [5, 5.41) is 1.13. The third kappa shape index (κ3) is 4.96. The number of hydrogen-bond acceptors (Lipinski definition) is 3. The second kappa shape index (κ2) is 9.61. The maximum Gasteiger partial charge on any atom is 0.161 e. The average Bonchev–Trinajstić information content (AvgIpc) is 2.79. The molecule has 1 N–H and O–H groups in total. The van der Waals surface area contributed by atoms with Crippen LogP contribution in [-0.2, 0) is 0 Å². The first-order valence-electron chi connectivity index (χ1n) is 9.70. The molecule has 0 heterocycles. The van der Waals surface area contributed by atoms with E-state index >= 15 is 0 Å². The van der Waals surface area contributed by atoms with Crippen molar-refractivity contribution >= 4 is 46.6 Å². The highest BCUT2D eigenvalue weighted by Gasteiger charge is 2.17. The molecule has 0 aromatic heterocycles. The second-order valence-corrected chi connectivity index (χ2v) is 8.71. The zero-order chi connectivity index (χ0) is 21.8. The van der Waals surface area contributed by atoms with Crippen molar-refractivity contribution < 1.29 is 4.79 Å². The van der Waals surface area contributed by atoms with E-state index < -0.39 is 0 Å². The number of anilines is 1. The molecule has 0 spiro atoms. The Labute approximate surface area is 196 Å². The summed E-state index contributed by atoms with van der Waals surface area (Å²) in [4.78, 5) is 13.5. The van der Waals surface area contributed by atoms with E-state index in [2.05, 4.69) is 10.8 Å². The minimum Gasteiger partial charge on any atom is -0.324 e. The van der Waals surface area contributed by atoms with Gasteiger partial charge in [0.15, 0.2) is 5.78 Å². The molecule has 0 aliphatic carbocycles. The zero-order valence-electron chi connectivity index (χ0n) is 16.7. The number of ketones is 1. The highest BCUT2D eigenvalue weighted by Crippen LogP contribution is 2.39. The molecular weight excluding hydrogens is 445 g/mol. The summed E-state index contributed by atoms with van der Waals surface area (Å²) >= 11 is 13.7. The minimum atomic E-state index is -0.0136. The van der Waals surface area contributed by atoms with Gasteiger partial charge in [0.2, 0.25) is 0 Å². The van der Waals surface area contributed by atoms with Crippen LogP contribution in [0.3, 0.4) is 0 Å². The fraction of sp³-hybridized carbons (Fsp3) is 0.0385. The van der Waals surface area contributed by atoms with Crippen LogP contribution < -0.4 is 4.72 Å². The summed E-state index contributed by atoms with van der Waals surface area (Å²) < 4.78 is 3.39. The van der Waals surface area contributed by atoms with Crippen molar-refractivity contribution in [3.63, 3.8) is 0 Å². The molecular formula is C26H19Cl2NOS. The molecule has 4 aromatic carbocycles. The van der Waals surface area contributed by atoms with Crippen LogP contribution in [0.5, 0.6) is 0 Å². The minimum absolute atomic E-state index is 0.0136. The fourth-order valence-electron chi connectivity index (χ4n) is 3.34. The lowest BCUT2D eigenvalue weighted by atomic mass is 9.93. The van der Waals surface area contributed by atoms with Gasteiger partial charge in [-0.15, -0.1) is 0 Å². The fourth-order valence-corrected chi connectivity index (χ4v) is 4.59. The predicted molar refractivity (Wildman–Crippen MR) is 133 cm³/mol. The molecule has 5 heteroatoms. The van der Waals surface area contributed by atoms with Crippen molar-refractivity contribution in [1.82, 2.24) is 0 Å². The lowest BCUT2D eigenvalue weighted by Gasteiger charge is -2.18.